The number of carbonyl (C=O) groups excluding carboxylic acids is 2. The summed E-state index contributed by atoms with van der Waals surface area (Å²) < 4.78 is 37.8. The van der Waals surface area contributed by atoms with Crippen molar-refractivity contribution in [2.45, 2.75) is 19.1 Å². The van der Waals surface area contributed by atoms with Crippen LogP contribution in [-0.2, 0) is 22.3 Å². The largest absolute Gasteiger partial charge is 0.416 e. The van der Waals surface area contributed by atoms with E-state index in [0.29, 0.717) is 0 Å². The van der Waals surface area contributed by atoms with E-state index in [1.807, 2.05) is 30.3 Å². The fourth-order valence-corrected chi connectivity index (χ4v) is 1.98. The molecule has 7 heteroatoms. The number of amides is 2. The van der Waals surface area contributed by atoms with Gasteiger partial charge in [-0.3, -0.25) is 9.59 Å². The molecule has 0 aliphatic carbocycles. The Labute approximate surface area is 136 Å². The molecule has 2 aromatic rings. The number of anilines is 1. The molecule has 0 unspecified atom stereocenters. The van der Waals surface area contributed by atoms with Crippen molar-refractivity contribution in [2.75, 3.05) is 5.32 Å². The highest BCUT2D eigenvalue weighted by Crippen LogP contribution is 2.30. The third-order valence-electron chi connectivity index (χ3n) is 3.13. The zero-order chi connectivity index (χ0) is 17.6. The van der Waals surface area contributed by atoms with Gasteiger partial charge in [0.2, 0.25) is 11.8 Å². The fourth-order valence-electron chi connectivity index (χ4n) is 1.98. The monoisotopic (exact) mass is 336 g/mol. The molecule has 0 heterocycles. The SMILES string of the molecule is O=C(CC(=O)Nc1cccc(C(F)(F)F)c1)NCc1ccccc1. The summed E-state index contributed by atoms with van der Waals surface area (Å²) in [6, 6.07) is 13.4. The first-order valence-electron chi connectivity index (χ1n) is 7.12. The summed E-state index contributed by atoms with van der Waals surface area (Å²) >= 11 is 0. The molecule has 2 amide bonds. The second-order valence-electron chi connectivity index (χ2n) is 5.07. The molecule has 0 radical (unpaired) electrons. The lowest BCUT2D eigenvalue weighted by molar-refractivity contribution is -0.137. The minimum absolute atomic E-state index is 0.00863. The van der Waals surface area contributed by atoms with E-state index >= 15 is 0 Å². The van der Waals surface area contributed by atoms with Crippen LogP contribution in [0.4, 0.5) is 18.9 Å². The van der Waals surface area contributed by atoms with Crippen LogP contribution in [-0.4, -0.2) is 11.8 Å². The molecular formula is C17H15F3N2O2. The van der Waals surface area contributed by atoms with Crippen LogP contribution in [0.3, 0.4) is 0 Å². The van der Waals surface area contributed by atoms with Crippen molar-refractivity contribution in [3.63, 3.8) is 0 Å². The molecule has 2 N–H and O–H groups in total. The van der Waals surface area contributed by atoms with Crippen molar-refractivity contribution in [3.8, 4) is 0 Å². The zero-order valence-electron chi connectivity index (χ0n) is 12.6. The Hall–Kier alpha value is -2.83. The van der Waals surface area contributed by atoms with Crippen LogP contribution in [0, 0.1) is 0 Å². The van der Waals surface area contributed by atoms with Crippen molar-refractivity contribution in [3.05, 3.63) is 65.7 Å². The van der Waals surface area contributed by atoms with Crippen molar-refractivity contribution < 1.29 is 22.8 Å². The molecule has 0 bridgehead atoms. The smallest absolute Gasteiger partial charge is 0.352 e. The van der Waals surface area contributed by atoms with E-state index in [0.717, 1.165) is 17.7 Å². The number of halogens is 3. The first kappa shape index (κ1) is 17.5. The molecule has 126 valence electrons. The quantitative estimate of drug-likeness (QED) is 0.823. The van der Waals surface area contributed by atoms with Gasteiger partial charge in [0.1, 0.15) is 6.42 Å². The molecular weight excluding hydrogens is 321 g/mol. The standard InChI is InChI=1S/C17H15F3N2O2/c18-17(19,20)13-7-4-8-14(9-13)22-16(24)10-15(23)21-11-12-5-2-1-3-6-12/h1-9H,10-11H2,(H,21,23)(H,22,24). The molecule has 2 aromatic carbocycles. The van der Waals surface area contributed by atoms with Gasteiger partial charge in [0.05, 0.1) is 5.56 Å². The Morgan fingerprint density at radius 3 is 2.29 bits per heavy atom. The van der Waals surface area contributed by atoms with E-state index in [9.17, 15) is 22.8 Å². The van der Waals surface area contributed by atoms with Crippen LogP contribution < -0.4 is 10.6 Å². The molecule has 4 nitrogen and oxygen atoms in total. The Bertz CT molecular complexity index is 715. The van der Waals surface area contributed by atoms with Gasteiger partial charge in [-0.05, 0) is 23.8 Å². The van der Waals surface area contributed by atoms with E-state index < -0.39 is 30.0 Å². The van der Waals surface area contributed by atoms with Gasteiger partial charge in [-0.25, -0.2) is 0 Å². The summed E-state index contributed by atoms with van der Waals surface area (Å²) in [5.74, 6) is -1.19. The van der Waals surface area contributed by atoms with Crippen LogP contribution in [0.25, 0.3) is 0 Å². The van der Waals surface area contributed by atoms with Gasteiger partial charge in [0.15, 0.2) is 0 Å². The van der Waals surface area contributed by atoms with Crippen molar-refractivity contribution in [2.24, 2.45) is 0 Å². The van der Waals surface area contributed by atoms with Crippen molar-refractivity contribution >= 4 is 17.5 Å². The molecule has 0 saturated carbocycles. The lowest BCUT2D eigenvalue weighted by atomic mass is 10.2. The van der Waals surface area contributed by atoms with Gasteiger partial charge in [-0.1, -0.05) is 36.4 Å². The molecule has 24 heavy (non-hydrogen) atoms. The summed E-state index contributed by atoms with van der Waals surface area (Å²) in [6.07, 6.45) is -4.96. The zero-order valence-corrected chi connectivity index (χ0v) is 12.6. The molecule has 0 saturated heterocycles. The first-order valence-corrected chi connectivity index (χ1v) is 7.12. The second kappa shape index (κ2) is 7.63. The average molecular weight is 336 g/mol. The number of hydrogen-bond acceptors (Lipinski definition) is 2. The minimum atomic E-state index is -4.49. The van der Waals surface area contributed by atoms with Crippen LogP contribution in [0.5, 0.6) is 0 Å². The Kier molecular flexibility index (Phi) is 5.57. The maximum Gasteiger partial charge on any atom is 0.416 e. The highest BCUT2D eigenvalue weighted by atomic mass is 19.4. The molecule has 0 atom stereocenters. The number of hydrogen-bond donors (Lipinski definition) is 2. The van der Waals surface area contributed by atoms with Crippen LogP contribution in [0.1, 0.15) is 17.5 Å². The molecule has 0 spiro atoms. The maximum atomic E-state index is 12.6. The Balaban J connectivity index is 1.85. The van der Waals surface area contributed by atoms with Gasteiger partial charge in [-0.2, -0.15) is 13.2 Å². The van der Waals surface area contributed by atoms with Crippen LogP contribution in [0.15, 0.2) is 54.6 Å². The van der Waals surface area contributed by atoms with Gasteiger partial charge < -0.3 is 10.6 Å². The summed E-state index contributed by atoms with van der Waals surface area (Å²) in [7, 11) is 0. The molecule has 0 aromatic heterocycles. The number of rotatable bonds is 5. The summed E-state index contributed by atoms with van der Waals surface area (Å²) in [6.45, 7) is 0.274. The number of alkyl halides is 3. The maximum absolute atomic E-state index is 12.6. The molecule has 2 rings (SSSR count). The predicted octanol–water partition coefficient (Wildman–Crippen LogP) is 3.35. The van der Waals surface area contributed by atoms with E-state index in [4.69, 9.17) is 0 Å². The van der Waals surface area contributed by atoms with E-state index in [1.165, 1.54) is 12.1 Å². The predicted molar refractivity (Wildman–Crippen MR) is 83.0 cm³/mol. The number of benzene rings is 2. The van der Waals surface area contributed by atoms with Crippen LogP contribution >= 0.6 is 0 Å². The van der Waals surface area contributed by atoms with Crippen molar-refractivity contribution in [1.82, 2.24) is 5.32 Å². The molecule has 0 aliphatic heterocycles. The Morgan fingerprint density at radius 1 is 0.917 bits per heavy atom. The highest BCUT2D eigenvalue weighted by molar-refractivity contribution is 6.03. The van der Waals surface area contributed by atoms with Gasteiger partial charge >= 0.3 is 6.18 Å². The minimum Gasteiger partial charge on any atom is -0.352 e. The van der Waals surface area contributed by atoms with E-state index in [-0.39, 0.29) is 12.2 Å². The lowest BCUT2D eigenvalue weighted by Gasteiger charge is -2.10. The average Bonchev–Trinajstić information content (AvgIpc) is 2.53. The summed E-state index contributed by atoms with van der Waals surface area (Å²) in [5.41, 5.74) is 0.00338. The third kappa shape index (κ3) is 5.42. The Morgan fingerprint density at radius 2 is 1.62 bits per heavy atom. The highest BCUT2D eigenvalue weighted by Gasteiger charge is 2.30. The van der Waals surface area contributed by atoms with Gasteiger partial charge in [0.25, 0.3) is 0 Å². The van der Waals surface area contributed by atoms with E-state index in [1.54, 1.807) is 0 Å². The summed E-state index contributed by atoms with van der Waals surface area (Å²) in [5, 5.41) is 4.86. The summed E-state index contributed by atoms with van der Waals surface area (Å²) in [4.78, 5) is 23.4. The van der Waals surface area contributed by atoms with Crippen LogP contribution in [0.2, 0.25) is 0 Å². The fraction of sp³-hybridized carbons (Fsp3) is 0.176. The van der Waals surface area contributed by atoms with Gasteiger partial charge in [0, 0.05) is 12.2 Å². The van der Waals surface area contributed by atoms with Gasteiger partial charge in [-0.15, -0.1) is 0 Å². The van der Waals surface area contributed by atoms with Crippen molar-refractivity contribution in [1.29, 1.82) is 0 Å². The lowest BCUT2D eigenvalue weighted by Crippen LogP contribution is -2.27. The first-order chi connectivity index (χ1) is 11.3. The normalized spacial score (nSPS) is 11.0. The third-order valence-corrected chi connectivity index (χ3v) is 3.13. The molecule has 0 fully saturated rings. The molecule has 0 aliphatic rings. The number of nitrogens with one attached hydrogen (secondary N) is 2. The second-order valence-corrected chi connectivity index (χ2v) is 5.07. The van der Waals surface area contributed by atoms with E-state index in [2.05, 4.69) is 10.6 Å². The number of carbonyl (C=O) groups is 2. The topological polar surface area (TPSA) is 58.2 Å².